The van der Waals surface area contributed by atoms with Gasteiger partial charge in [0.2, 0.25) is 0 Å². The molecule has 4 heterocycles. The highest BCUT2D eigenvalue weighted by Crippen LogP contribution is 2.25. The number of aryl methyl sites for hydroxylation is 2. The van der Waals surface area contributed by atoms with Gasteiger partial charge in [0, 0.05) is 54.7 Å². The summed E-state index contributed by atoms with van der Waals surface area (Å²) in [6.07, 6.45) is 4.87. The summed E-state index contributed by atoms with van der Waals surface area (Å²) >= 11 is 0. The molecule has 1 aromatic carbocycles. The molecule has 31 heavy (non-hydrogen) atoms. The zero-order valence-corrected chi connectivity index (χ0v) is 18.3. The molecule has 0 unspecified atom stereocenters. The molecule has 1 aliphatic heterocycles. The molecule has 0 saturated carbocycles. The van der Waals surface area contributed by atoms with Crippen LogP contribution in [0.2, 0.25) is 0 Å². The number of hydrogen-bond donors (Lipinski definition) is 1. The summed E-state index contributed by atoms with van der Waals surface area (Å²) in [5.74, 6) is 0. The number of anilines is 1. The fraction of sp³-hybridized carbons (Fsp3) is 0.375. The molecule has 1 N–H and O–H groups in total. The smallest absolute Gasteiger partial charge is 0.345 e. The van der Waals surface area contributed by atoms with Crippen molar-refractivity contribution in [2.75, 3.05) is 18.4 Å². The number of fused-ring (bicyclic) bond motifs is 2. The maximum Gasteiger partial charge on any atom is 0.345 e. The molecule has 4 aromatic rings. The molecule has 1 aliphatic rings. The number of nitrogens with zero attached hydrogens (tertiary/aromatic N) is 4. The van der Waals surface area contributed by atoms with Crippen molar-refractivity contribution >= 4 is 22.3 Å². The Labute approximate surface area is 180 Å². The maximum atomic E-state index is 12.8. The lowest BCUT2D eigenvalue weighted by Crippen LogP contribution is -2.31. The van der Waals surface area contributed by atoms with Crippen molar-refractivity contribution < 1.29 is 4.42 Å². The molecule has 0 aliphatic carbocycles. The van der Waals surface area contributed by atoms with Crippen LogP contribution in [0.1, 0.15) is 31.7 Å². The van der Waals surface area contributed by atoms with E-state index in [1.807, 2.05) is 54.9 Å². The van der Waals surface area contributed by atoms with Crippen LogP contribution in [0.4, 0.5) is 5.69 Å². The fourth-order valence-corrected chi connectivity index (χ4v) is 4.42. The van der Waals surface area contributed by atoms with Gasteiger partial charge in [-0.3, -0.25) is 9.88 Å². The number of imidazole rings is 1. The monoisotopic (exact) mass is 417 g/mol. The van der Waals surface area contributed by atoms with Crippen LogP contribution in [-0.4, -0.2) is 44.4 Å². The Bertz CT molecular complexity index is 1340. The number of rotatable bonds is 4. The van der Waals surface area contributed by atoms with Gasteiger partial charge < -0.3 is 14.1 Å². The van der Waals surface area contributed by atoms with Crippen molar-refractivity contribution in [3.8, 4) is 11.3 Å². The Morgan fingerprint density at radius 2 is 2.00 bits per heavy atom. The van der Waals surface area contributed by atoms with Gasteiger partial charge in [0.1, 0.15) is 5.58 Å². The third kappa shape index (κ3) is 3.70. The van der Waals surface area contributed by atoms with Gasteiger partial charge >= 0.3 is 5.63 Å². The molecule has 7 heteroatoms. The van der Waals surface area contributed by atoms with Crippen LogP contribution < -0.4 is 10.9 Å². The molecule has 7 nitrogen and oxygen atoms in total. The van der Waals surface area contributed by atoms with Crippen LogP contribution in [0, 0.1) is 13.8 Å². The van der Waals surface area contributed by atoms with Gasteiger partial charge in [-0.1, -0.05) is 0 Å². The first-order valence-corrected chi connectivity index (χ1v) is 10.8. The predicted octanol–water partition coefficient (Wildman–Crippen LogP) is 4.01. The second-order valence-electron chi connectivity index (χ2n) is 8.74. The van der Waals surface area contributed by atoms with E-state index in [2.05, 4.69) is 34.0 Å². The molecule has 0 bridgehead atoms. The summed E-state index contributed by atoms with van der Waals surface area (Å²) in [4.78, 5) is 24.3. The number of aromatic nitrogens is 3. The molecule has 0 radical (unpaired) electrons. The van der Waals surface area contributed by atoms with Crippen molar-refractivity contribution in [3.63, 3.8) is 0 Å². The molecule has 1 atom stereocenters. The van der Waals surface area contributed by atoms with E-state index in [-0.39, 0.29) is 5.63 Å². The van der Waals surface area contributed by atoms with E-state index in [1.54, 1.807) is 0 Å². The van der Waals surface area contributed by atoms with Crippen molar-refractivity contribution in [2.24, 2.45) is 0 Å². The summed E-state index contributed by atoms with van der Waals surface area (Å²) in [7, 11) is 0. The average molecular weight is 418 g/mol. The SMILES string of the molecule is Cc1cn2cc(-c3cc4ccc(N[C@@H]5CCN(C(C)C)C5)cc4oc3=O)nc2c(C)n1. The number of likely N-dealkylation sites (tertiary alicyclic amines) is 1. The lowest BCUT2D eigenvalue weighted by molar-refractivity contribution is 0.274. The predicted molar refractivity (Wildman–Crippen MR) is 123 cm³/mol. The van der Waals surface area contributed by atoms with E-state index in [9.17, 15) is 4.79 Å². The first kappa shape index (κ1) is 19.8. The van der Waals surface area contributed by atoms with E-state index in [1.165, 1.54) is 0 Å². The number of benzene rings is 1. The minimum atomic E-state index is -0.387. The lowest BCUT2D eigenvalue weighted by atomic mass is 10.1. The standard InChI is InChI=1S/C24H27N5O2/c1-14(2)28-8-7-19(12-28)26-18-6-5-17-9-20(24(30)31-22(17)10-18)21-13-29-11-15(3)25-16(4)23(29)27-21/h5-6,9-11,13-14,19,26H,7-8,12H2,1-4H3/t19-/m1/s1. The minimum absolute atomic E-state index is 0.387. The van der Waals surface area contributed by atoms with Gasteiger partial charge in [-0.05, 0) is 52.3 Å². The molecule has 3 aromatic heterocycles. The van der Waals surface area contributed by atoms with E-state index in [4.69, 9.17) is 4.42 Å². The second-order valence-corrected chi connectivity index (χ2v) is 8.74. The van der Waals surface area contributed by atoms with Crippen LogP contribution in [0.25, 0.3) is 27.9 Å². The largest absolute Gasteiger partial charge is 0.422 e. The van der Waals surface area contributed by atoms with Gasteiger partial charge in [0.15, 0.2) is 5.65 Å². The van der Waals surface area contributed by atoms with Crippen molar-refractivity contribution in [1.29, 1.82) is 0 Å². The molecule has 5 rings (SSSR count). The molecule has 1 saturated heterocycles. The molecule has 0 amide bonds. The highest BCUT2D eigenvalue weighted by molar-refractivity contribution is 5.84. The molecule has 1 fully saturated rings. The Morgan fingerprint density at radius 3 is 2.77 bits per heavy atom. The van der Waals surface area contributed by atoms with Crippen molar-refractivity contribution in [2.45, 2.75) is 46.2 Å². The molecule has 0 spiro atoms. The van der Waals surface area contributed by atoms with Gasteiger partial charge in [-0.25, -0.2) is 9.78 Å². The second kappa shape index (κ2) is 7.50. The lowest BCUT2D eigenvalue weighted by Gasteiger charge is -2.20. The number of hydrogen-bond acceptors (Lipinski definition) is 6. The highest BCUT2D eigenvalue weighted by atomic mass is 16.4. The van der Waals surface area contributed by atoms with Gasteiger partial charge in [-0.2, -0.15) is 0 Å². The Kier molecular flexibility index (Phi) is 4.78. The summed E-state index contributed by atoms with van der Waals surface area (Å²) in [5, 5.41) is 4.46. The first-order chi connectivity index (χ1) is 14.9. The van der Waals surface area contributed by atoms with E-state index < -0.39 is 0 Å². The number of nitrogens with one attached hydrogen (secondary N) is 1. The van der Waals surface area contributed by atoms with Gasteiger partial charge in [-0.15, -0.1) is 0 Å². The van der Waals surface area contributed by atoms with E-state index in [0.717, 1.165) is 47.6 Å². The van der Waals surface area contributed by atoms with Gasteiger partial charge in [0.05, 0.1) is 22.6 Å². The van der Waals surface area contributed by atoms with Gasteiger partial charge in [0.25, 0.3) is 0 Å². The van der Waals surface area contributed by atoms with Crippen LogP contribution in [0.3, 0.4) is 0 Å². The molecular weight excluding hydrogens is 390 g/mol. The normalized spacial score (nSPS) is 17.3. The summed E-state index contributed by atoms with van der Waals surface area (Å²) < 4.78 is 7.60. The summed E-state index contributed by atoms with van der Waals surface area (Å²) in [5.41, 5.74) is 4.69. The van der Waals surface area contributed by atoms with E-state index >= 15 is 0 Å². The maximum absolute atomic E-state index is 12.8. The quantitative estimate of drug-likeness (QED) is 0.506. The zero-order valence-electron chi connectivity index (χ0n) is 18.3. The minimum Gasteiger partial charge on any atom is -0.422 e. The van der Waals surface area contributed by atoms with Crippen molar-refractivity contribution in [3.05, 3.63) is 58.5 Å². The fourth-order valence-electron chi connectivity index (χ4n) is 4.42. The van der Waals surface area contributed by atoms with Crippen LogP contribution in [0.5, 0.6) is 0 Å². The topological polar surface area (TPSA) is 75.7 Å². The molecule has 160 valence electrons. The van der Waals surface area contributed by atoms with Crippen LogP contribution in [0.15, 0.2) is 45.9 Å². The van der Waals surface area contributed by atoms with Crippen molar-refractivity contribution in [1.82, 2.24) is 19.3 Å². The third-order valence-corrected chi connectivity index (χ3v) is 6.06. The Balaban J connectivity index is 1.46. The van der Waals surface area contributed by atoms with E-state index in [0.29, 0.717) is 28.9 Å². The van der Waals surface area contributed by atoms with Crippen LogP contribution >= 0.6 is 0 Å². The Morgan fingerprint density at radius 1 is 1.16 bits per heavy atom. The zero-order chi connectivity index (χ0) is 21.7. The molecular formula is C24H27N5O2. The van der Waals surface area contributed by atoms with Crippen LogP contribution in [-0.2, 0) is 0 Å². The summed E-state index contributed by atoms with van der Waals surface area (Å²) in [6, 6.07) is 8.78. The Hall–Kier alpha value is -3.19. The summed E-state index contributed by atoms with van der Waals surface area (Å²) in [6.45, 7) is 10.4. The highest BCUT2D eigenvalue weighted by Gasteiger charge is 2.24. The first-order valence-electron chi connectivity index (χ1n) is 10.8. The average Bonchev–Trinajstić information content (AvgIpc) is 3.34. The third-order valence-electron chi connectivity index (χ3n) is 6.06.